The molecule has 94 valence electrons. The van der Waals surface area contributed by atoms with Crippen LogP contribution in [-0.2, 0) is 0 Å². The minimum absolute atomic E-state index is 0.148. The van der Waals surface area contributed by atoms with Gasteiger partial charge in [-0.15, -0.1) is 0 Å². The number of rotatable bonds is 5. The Morgan fingerprint density at radius 2 is 2.29 bits per heavy atom. The summed E-state index contributed by atoms with van der Waals surface area (Å²) in [6.07, 6.45) is -3.69. The molecule has 1 atom stereocenters. The third-order valence-electron chi connectivity index (χ3n) is 1.81. The van der Waals surface area contributed by atoms with E-state index >= 15 is 0 Å². The lowest BCUT2D eigenvalue weighted by Gasteiger charge is -2.11. The fraction of sp³-hybridized carbons (Fsp3) is 0.375. The average Bonchev–Trinajstić information content (AvgIpc) is 2.26. The first-order valence-electron chi connectivity index (χ1n) is 4.42. The van der Waals surface area contributed by atoms with E-state index in [0.717, 1.165) is 6.20 Å². The van der Waals surface area contributed by atoms with Crippen molar-refractivity contribution in [3.8, 4) is 0 Å². The number of aromatic nitrogens is 1. The van der Waals surface area contributed by atoms with Crippen LogP contribution < -0.4 is 5.32 Å². The zero-order valence-electron chi connectivity index (χ0n) is 8.31. The van der Waals surface area contributed by atoms with Crippen LogP contribution in [0.25, 0.3) is 0 Å². The number of hydrogen-bond acceptors (Lipinski definition) is 5. The van der Waals surface area contributed by atoms with Gasteiger partial charge in [0.25, 0.3) is 12.1 Å². The van der Waals surface area contributed by atoms with Crippen LogP contribution in [-0.4, -0.2) is 34.1 Å². The molecule has 2 N–H and O–H groups in total. The topological polar surface area (TPSA) is 88.3 Å². The van der Waals surface area contributed by atoms with Crippen molar-refractivity contribution in [3.05, 3.63) is 26.9 Å². The summed E-state index contributed by atoms with van der Waals surface area (Å²) in [5, 5.41) is 21.7. The molecule has 0 aliphatic rings. The molecule has 0 aliphatic heterocycles. The van der Waals surface area contributed by atoms with E-state index in [0.29, 0.717) is 0 Å². The minimum Gasteiger partial charge on any atom is -0.385 e. The Morgan fingerprint density at radius 1 is 1.65 bits per heavy atom. The van der Waals surface area contributed by atoms with Crippen molar-refractivity contribution in [2.75, 3.05) is 11.9 Å². The number of pyridine rings is 1. The Morgan fingerprint density at radius 3 is 2.76 bits per heavy atom. The maximum absolute atomic E-state index is 12.0. The molecule has 0 aliphatic carbocycles. The molecule has 9 heteroatoms. The zero-order valence-corrected chi connectivity index (χ0v) is 9.89. The average molecular weight is 312 g/mol. The highest BCUT2D eigenvalue weighted by molar-refractivity contribution is 9.10. The van der Waals surface area contributed by atoms with Crippen LogP contribution in [0.4, 0.5) is 20.3 Å². The molecule has 0 aromatic carbocycles. The smallest absolute Gasteiger partial charge is 0.288 e. The van der Waals surface area contributed by atoms with Gasteiger partial charge in [-0.25, -0.2) is 13.8 Å². The highest BCUT2D eigenvalue weighted by Crippen LogP contribution is 2.24. The summed E-state index contributed by atoms with van der Waals surface area (Å²) in [4.78, 5) is 13.5. The molecule has 6 nitrogen and oxygen atoms in total. The SMILES string of the molecule is O=[N+]([O-])c1cnc(NCC(O)C(F)F)c(Br)c1. The molecule has 0 radical (unpaired) electrons. The summed E-state index contributed by atoms with van der Waals surface area (Å²) >= 11 is 3.00. The number of aliphatic hydroxyl groups is 1. The van der Waals surface area contributed by atoms with Gasteiger partial charge in [0.1, 0.15) is 18.1 Å². The van der Waals surface area contributed by atoms with Crippen LogP contribution in [0.2, 0.25) is 0 Å². The van der Waals surface area contributed by atoms with Crippen molar-refractivity contribution in [2.45, 2.75) is 12.5 Å². The summed E-state index contributed by atoms with van der Waals surface area (Å²) in [5.41, 5.74) is -0.225. The molecule has 0 amide bonds. The van der Waals surface area contributed by atoms with Gasteiger partial charge in [0, 0.05) is 12.6 Å². The molecule has 1 aromatic rings. The van der Waals surface area contributed by atoms with Gasteiger partial charge in [-0.2, -0.15) is 0 Å². The van der Waals surface area contributed by atoms with Gasteiger partial charge in [0.2, 0.25) is 0 Å². The van der Waals surface area contributed by atoms with Crippen LogP contribution in [0, 0.1) is 10.1 Å². The van der Waals surface area contributed by atoms with E-state index in [-0.39, 0.29) is 16.0 Å². The molecule has 0 spiro atoms. The van der Waals surface area contributed by atoms with Gasteiger partial charge in [0.15, 0.2) is 0 Å². The van der Waals surface area contributed by atoms with E-state index in [9.17, 15) is 18.9 Å². The summed E-state index contributed by atoms with van der Waals surface area (Å²) in [5.74, 6) is 0.148. The van der Waals surface area contributed by atoms with Gasteiger partial charge >= 0.3 is 0 Å². The Balaban J connectivity index is 2.70. The van der Waals surface area contributed by atoms with E-state index in [1.165, 1.54) is 6.07 Å². The predicted molar refractivity (Wildman–Crippen MR) is 59.1 cm³/mol. The van der Waals surface area contributed by atoms with Crippen LogP contribution in [0.15, 0.2) is 16.7 Å². The second kappa shape index (κ2) is 5.82. The molecule has 1 aromatic heterocycles. The van der Waals surface area contributed by atoms with E-state index in [2.05, 4.69) is 26.2 Å². The zero-order chi connectivity index (χ0) is 13.0. The van der Waals surface area contributed by atoms with Gasteiger partial charge in [-0.05, 0) is 15.9 Å². The maximum Gasteiger partial charge on any atom is 0.288 e. The van der Waals surface area contributed by atoms with Crippen LogP contribution in [0.1, 0.15) is 0 Å². The van der Waals surface area contributed by atoms with E-state index < -0.39 is 24.0 Å². The lowest BCUT2D eigenvalue weighted by molar-refractivity contribution is -0.385. The Labute approximate surface area is 103 Å². The van der Waals surface area contributed by atoms with Crippen molar-refractivity contribution < 1.29 is 18.8 Å². The van der Waals surface area contributed by atoms with Gasteiger partial charge in [-0.1, -0.05) is 0 Å². The predicted octanol–water partition coefficient (Wildman–Crippen LogP) is 1.79. The second-order valence-electron chi connectivity index (χ2n) is 3.06. The van der Waals surface area contributed by atoms with Gasteiger partial charge < -0.3 is 10.4 Å². The molecule has 1 heterocycles. The number of anilines is 1. The Kier molecular flexibility index (Phi) is 4.70. The molecule has 1 rings (SSSR count). The fourth-order valence-electron chi connectivity index (χ4n) is 0.948. The van der Waals surface area contributed by atoms with Crippen LogP contribution >= 0.6 is 15.9 Å². The maximum atomic E-state index is 12.0. The fourth-order valence-corrected chi connectivity index (χ4v) is 1.43. The normalized spacial score (nSPS) is 12.5. The number of nitro groups is 1. The lowest BCUT2D eigenvalue weighted by atomic mass is 10.3. The number of aliphatic hydroxyl groups excluding tert-OH is 1. The van der Waals surface area contributed by atoms with Crippen LogP contribution in [0.3, 0.4) is 0 Å². The molecule has 0 bridgehead atoms. The van der Waals surface area contributed by atoms with Crippen molar-refractivity contribution in [1.29, 1.82) is 0 Å². The largest absolute Gasteiger partial charge is 0.385 e. The summed E-state index contributed by atoms with van der Waals surface area (Å²) in [7, 11) is 0. The molecule has 0 saturated carbocycles. The van der Waals surface area contributed by atoms with Crippen molar-refractivity contribution in [1.82, 2.24) is 4.98 Å². The first kappa shape index (κ1) is 13.7. The van der Waals surface area contributed by atoms with E-state index in [1.54, 1.807) is 0 Å². The standard InChI is InChI=1S/C8H8BrF2N3O3/c9-5-1-4(14(16)17)2-12-8(5)13-3-6(15)7(10)11/h1-2,6-7,15H,3H2,(H,12,13). The first-order chi connectivity index (χ1) is 7.91. The number of alkyl halides is 2. The van der Waals surface area contributed by atoms with E-state index in [4.69, 9.17) is 5.11 Å². The monoisotopic (exact) mass is 311 g/mol. The van der Waals surface area contributed by atoms with Gasteiger partial charge in [-0.3, -0.25) is 10.1 Å². The highest BCUT2D eigenvalue weighted by Gasteiger charge is 2.17. The second-order valence-corrected chi connectivity index (χ2v) is 3.92. The van der Waals surface area contributed by atoms with Crippen molar-refractivity contribution >= 4 is 27.4 Å². The van der Waals surface area contributed by atoms with Crippen molar-refractivity contribution in [2.24, 2.45) is 0 Å². The summed E-state index contributed by atoms with van der Waals surface area (Å²) in [6, 6.07) is 1.18. The van der Waals surface area contributed by atoms with Crippen LogP contribution in [0.5, 0.6) is 0 Å². The number of halogens is 3. The molecule has 1 unspecified atom stereocenters. The number of nitrogens with one attached hydrogen (secondary N) is 1. The third kappa shape index (κ3) is 3.86. The number of nitrogens with zero attached hydrogens (tertiary/aromatic N) is 2. The third-order valence-corrected chi connectivity index (χ3v) is 2.41. The van der Waals surface area contributed by atoms with Crippen molar-refractivity contribution in [3.63, 3.8) is 0 Å². The van der Waals surface area contributed by atoms with Gasteiger partial charge in [0.05, 0.1) is 9.40 Å². The molecule has 0 saturated heterocycles. The quantitative estimate of drug-likeness (QED) is 0.639. The molecule has 0 fully saturated rings. The molecular formula is C8H8BrF2N3O3. The first-order valence-corrected chi connectivity index (χ1v) is 5.21. The lowest BCUT2D eigenvalue weighted by Crippen LogP contribution is -2.27. The molecular weight excluding hydrogens is 304 g/mol. The Bertz CT molecular complexity index is 419. The minimum atomic E-state index is -2.86. The highest BCUT2D eigenvalue weighted by atomic mass is 79.9. The Hall–Kier alpha value is -1.35. The van der Waals surface area contributed by atoms with E-state index in [1.807, 2.05) is 0 Å². The summed E-state index contributed by atoms with van der Waals surface area (Å²) < 4.78 is 24.2. The molecule has 17 heavy (non-hydrogen) atoms. The summed E-state index contributed by atoms with van der Waals surface area (Å²) in [6.45, 7) is -0.402. The number of hydrogen-bond donors (Lipinski definition) is 2.